The number of thiazole rings is 1. The van der Waals surface area contributed by atoms with E-state index >= 15 is 0 Å². The molecule has 1 amide bonds. The average molecular weight is 223 g/mol. The smallest absolute Gasteiger partial charge is 0.263 e. The van der Waals surface area contributed by atoms with E-state index in [1.807, 2.05) is 13.8 Å². The van der Waals surface area contributed by atoms with Crippen LogP contribution in [0.4, 0.5) is 0 Å². The van der Waals surface area contributed by atoms with Crippen molar-refractivity contribution < 1.29 is 4.79 Å². The van der Waals surface area contributed by atoms with Crippen LogP contribution in [0.2, 0.25) is 0 Å². The number of rotatable bonds is 4. The molecule has 0 aromatic carbocycles. The van der Waals surface area contributed by atoms with Gasteiger partial charge in [0.1, 0.15) is 4.88 Å². The van der Waals surface area contributed by atoms with Gasteiger partial charge in [-0.2, -0.15) is 5.26 Å². The summed E-state index contributed by atoms with van der Waals surface area (Å²) in [4.78, 5) is 16.3. The number of aromatic nitrogens is 1. The van der Waals surface area contributed by atoms with E-state index in [9.17, 15) is 4.79 Å². The standard InChI is InChI=1S/C10H13N3OS/c1-3-8(4-5-11)13-10(14)9-6-12-7(2)15-9/h6,8H,3-4H2,1-2H3,(H,13,14). The summed E-state index contributed by atoms with van der Waals surface area (Å²) in [5.74, 6) is -0.136. The van der Waals surface area contributed by atoms with Gasteiger partial charge in [0.2, 0.25) is 0 Å². The molecular formula is C10H13N3OS. The van der Waals surface area contributed by atoms with Crippen molar-refractivity contribution >= 4 is 17.2 Å². The van der Waals surface area contributed by atoms with Crippen molar-refractivity contribution in [2.45, 2.75) is 32.7 Å². The summed E-state index contributed by atoms with van der Waals surface area (Å²) in [5.41, 5.74) is 0. The maximum atomic E-state index is 11.7. The second-order valence-corrected chi connectivity index (χ2v) is 4.42. The van der Waals surface area contributed by atoms with Crippen LogP contribution < -0.4 is 5.32 Å². The highest BCUT2D eigenvalue weighted by Crippen LogP contribution is 2.11. The maximum absolute atomic E-state index is 11.7. The zero-order valence-electron chi connectivity index (χ0n) is 8.78. The lowest BCUT2D eigenvalue weighted by Crippen LogP contribution is -2.33. The molecule has 0 spiro atoms. The second kappa shape index (κ2) is 5.47. The Morgan fingerprint density at radius 3 is 3.00 bits per heavy atom. The number of carbonyl (C=O) groups is 1. The van der Waals surface area contributed by atoms with Crippen LogP contribution in [0.1, 0.15) is 34.4 Å². The van der Waals surface area contributed by atoms with Gasteiger partial charge in [-0.3, -0.25) is 4.79 Å². The molecule has 1 aromatic heterocycles. The van der Waals surface area contributed by atoms with Gasteiger partial charge in [0.25, 0.3) is 5.91 Å². The van der Waals surface area contributed by atoms with Gasteiger partial charge in [-0.15, -0.1) is 11.3 Å². The van der Waals surface area contributed by atoms with Crippen LogP contribution in [0.3, 0.4) is 0 Å². The zero-order chi connectivity index (χ0) is 11.3. The molecule has 1 aromatic rings. The quantitative estimate of drug-likeness (QED) is 0.847. The highest BCUT2D eigenvalue weighted by molar-refractivity contribution is 7.13. The van der Waals surface area contributed by atoms with Crippen molar-refractivity contribution in [2.24, 2.45) is 0 Å². The van der Waals surface area contributed by atoms with Gasteiger partial charge in [0, 0.05) is 6.04 Å². The summed E-state index contributed by atoms with van der Waals surface area (Å²) < 4.78 is 0. The Balaban J connectivity index is 2.59. The molecule has 1 rings (SSSR count). The SMILES string of the molecule is CCC(CC#N)NC(=O)c1cnc(C)s1. The minimum atomic E-state index is -0.136. The predicted molar refractivity (Wildman–Crippen MR) is 58.6 cm³/mol. The number of nitrogens with one attached hydrogen (secondary N) is 1. The van der Waals surface area contributed by atoms with E-state index in [1.165, 1.54) is 11.3 Å². The third kappa shape index (κ3) is 3.33. The normalized spacial score (nSPS) is 11.8. The zero-order valence-corrected chi connectivity index (χ0v) is 9.60. The fourth-order valence-electron chi connectivity index (χ4n) is 1.13. The highest BCUT2D eigenvalue weighted by atomic mass is 32.1. The second-order valence-electron chi connectivity index (χ2n) is 3.18. The maximum Gasteiger partial charge on any atom is 0.263 e. The van der Waals surface area contributed by atoms with Crippen molar-refractivity contribution in [1.82, 2.24) is 10.3 Å². The molecule has 0 radical (unpaired) electrons. The lowest BCUT2D eigenvalue weighted by Gasteiger charge is -2.11. The van der Waals surface area contributed by atoms with Crippen molar-refractivity contribution in [3.63, 3.8) is 0 Å². The Hall–Kier alpha value is -1.41. The van der Waals surface area contributed by atoms with E-state index < -0.39 is 0 Å². The van der Waals surface area contributed by atoms with Crippen LogP contribution in [-0.2, 0) is 0 Å². The molecule has 1 N–H and O–H groups in total. The number of nitrogens with zero attached hydrogens (tertiary/aromatic N) is 2. The summed E-state index contributed by atoms with van der Waals surface area (Å²) >= 11 is 1.36. The molecule has 1 unspecified atom stereocenters. The predicted octanol–water partition coefficient (Wildman–Crippen LogP) is 1.87. The summed E-state index contributed by atoms with van der Waals surface area (Å²) in [7, 11) is 0. The molecule has 0 saturated carbocycles. The highest BCUT2D eigenvalue weighted by Gasteiger charge is 2.13. The van der Waals surface area contributed by atoms with Crippen molar-refractivity contribution in [2.75, 3.05) is 0 Å². The minimum Gasteiger partial charge on any atom is -0.348 e. The van der Waals surface area contributed by atoms with Crippen molar-refractivity contribution in [3.05, 3.63) is 16.1 Å². The lowest BCUT2D eigenvalue weighted by molar-refractivity contribution is 0.0940. The van der Waals surface area contributed by atoms with Crippen LogP contribution in [0.5, 0.6) is 0 Å². The number of amides is 1. The molecule has 0 fully saturated rings. The van der Waals surface area contributed by atoms with Gasteiger partial charge >= 0.3 is 0 Å². The number of carbonyl (C=O) groups excluding carboxylic acids is 1. The summed E-state index contributed by atoms with van der Waals surface area (Å²) in [6.45, 7) is 3.80. The van der Waals surface area contributed by atoms with Gasteiger partial charge in [0.05, 0.1) is 23.7 Å². The molecule has 0 saturated heterocycles. The Labute approximate surface area is 92.9 Å². The van der Waals surface area contributed by atoms with E-state index in [1.54, 1.807) is 6.20 Å². The fraction of sp³-hybridized carbons (Fsp3) is 0.500. The molecule has 0 aliphatic carbocycles. The Kier molecular flexibility index (Phi) is 4.25. The van der Waals surface area contributed by atoms with E-state index in [0.29, 0.717) is 11.3 Å². The van der Waals surface area contributed by atoms with Crippen molar-refractivity contribution in [3.8, 4) is 6.07 Å². The van der Waals surface area contributed by atoms with Gasteiger partial charge < -0.3 is 5.32 Å². The van der Waals surface area contributed by atoms with Crippen LogP contribution in [0, 0.1) is 18.3 Å². The third-order valence-corrected chi connectivity index (χ3v) is 2.92. The molecule has 5 heteroatoms. The van der Waals surface area contributed by atoms with Crippen LogP contribution in [-0.4, -0.2) is 16.9 Å². The van der Waals surface area contributed by atoms with Gasteiger partial charge in [-0.05, 0) is 13.3 Å². The molecule has 15 heavy (non-hydrogen) atoms. The molecule has 4 nitrogen and oxygen atoms in total. The van der Waals surface area contributed by atoms with Crippen molar-refractivity contribution in [1.29, 1.82) is 5.26 Å². The Bertz CT molecular complexity index is 380. The van der Waals surface area contributed by atoms with Gasteiger partial charge in [-0.1, -0.05) is 6.92 Å². The van der Waals surface area contributed by atoms with E-state index in [4.69, 9.17) is 5.26 Å². The van der Waals surface area contributed by atoms with Crippen LogP contribution >= 0.6 is 11.3 Å². The first-order valence-electron chi connectivity index (χ1n) is 4.77. The molecule has 80 valence electrons. The van der Waals surface area contributed by atoms with Crippen LogP contribution in [0.15, 0.2) is 6.20 Å². The summed E-state index contributed by atoms with van der Waals surface area (Å²) in [6.07, 6.45) is 2.67. The molecule has 1 heterocycles. The van der Waals surface area contributed by atoms with Gasteiger partial charge in [-0.25, -0.2) is 4.98 Å². The molecule has 0 bridgehead atoms. The Morgan fingerprint density at radius 1 is 1.80 bits per heavy atom. The third-order valence-electron chi connectivity index (χ3n) is 2.01. The van der Waals surface area contributed by atoms with Gasteiger partial charge in [0.15, 0.2) is 0 Å². The summed E-state index contributed by atoms with van der Waals surface area (Å²) in [5, 5.41) is 12.2. The number of aryl methyl sites for hydroxylation is 1. The lowest BCUT2D eigenvalue weighted by atomic mass is 10.1. The fourth-order valence-corrected chi connectivity index (χ4v) is 1.81. The average Bonchev–Trinajstić information content (AvgIpc) is 2.64. The summed E-state index contributed by atoms with van der Waals surface area (Å²) in [6, 6.07) is 1.99. The first-order valence-corrected chi connectivity index (χ1v) is 5.59. The number of hydrogen-bond acceptors (Lipinski definition) is 4. The monoisotopic (exact) mass is 223 g/mol. The number of hydrogen-bond donors (Lipinski definition) is 1. The molecule has 0 aliphatic rings. The minimum absolute atomic E-state index is 0.0649. The van der Waals surface area contributed by atoms with E-state index in [2.05, 4.69) is 16.4 Å². The first kappa shape index (κ1) is 11.7. The topological polar surface area (TPSA) is 65.8 Å². The molecular weight excluding hydrogens is 210 g/mol. The molecule has 1 atom stereocenters. The van der Waals surface area contributed by atoms with E-state index in [-0.39, 0.29) is 11.9 Å². The Morgan fingerprint density at radius 2 is 2.53 bits per heavy atom. The first-order chi connectivity index (χ1) is 7.17. The van der Waals surface area contributed by atoms with E-state index in [0.717, 1.165) is 11.4 Å². The number of nitriles is 1. The molecule has 0 aliphatic heterocycles. The largest absolute Gasteiger partial charge is 0.348 e. The van der Waals surface area contributed by atoms with Crippen LogP contribution in [0.25, 0.3) is 0 Å².